The van der Waals surface area contributed by atoms with Gasteiger partial charge in [-0.15, -0.1) is 0 Å². The maximum Gasteiger partial charge on any atom is 0.262 e. The predicted molar refractivity (Wildman–Crippen MR) is 101 cm³/mol. The van der Waals surface area contributed by atoms with Gasteiger partial charge in [0.2, 0.25) is 0 Å². The lowest BCUT2D eigenvalue weighted by atomic mass is 10.2. The van der Waals surface area contributed by atoms with E-state index < -0.39 is 0 Å². The van der Waals surface area contributed by atoms with E-state index in [4.69, 9.17) is 30.8 Å². The van der Waals surface area contributed by atoms with Crippen molar-refractivity contribution in [3.8, 4) is 0 Å². The summed E-state index contributed by atoms with van der Waals surface area (Å²) < 4.78 is 18.3. The summed E-state index contributed by atoms with van der Waals surface area (Å²) in [6.45, 7) is 2.32. The number of fused-ring (bicyclic) bond motifs is 1. The molecule has 0 radical (unpaired) electrons. The molecule has 2 fully saturated rings. The molecule has 26 heavy (non-hydrogen) atoms. The molecular formula is C18H21ClN2O4S. The highest BCUT2D eigenvalue weighted by molar-refractivity contribution is 7.99. The average molecular weight is 397 g/mol. The third kappa shape index (κ3) is 4.07. The number of nitrogens with zero attached hydrogens (tertiary/aromatic N) is 2. The molecule has 2 atom stereocenters. The Labute approximate surface area is 160 Å². The molecule has 140 valence electrons. The van der Waals surface area contributed by atoms with Gasteiger partial charge < -0.3 is 14.2 Å². The van der Waals surface area contributed by atoms with Crippen molar-refractivity contribution in [3.63, 3.8) is 0 Å². The van der Waals surface area contributed by atoms with E-state index >= 15 is 0 Å². The summed E-state index contributed by atoms with van der Waals surface area (Å²) in [5.74, 6) is 0.730. The van der Waals surface area contributed by atoms with Crippen molar-refractivity contribution < 1.29 is 14.2 Å². The van der Waals surface area contributed by atoms with E-state index in [-0.39, 0.29) is 17.8 Å². The van der Waals surface area contributed by atoms with Gasteiger partial charge in [0.15, 0.2) is 5.16 Å². The molecule has 1 aromatic carbocycles. The van der Waals surface area contributed by atoms with Crippen LogP contribution in [0.25, 0.3) is 10.9 Å². The van der Waals surface area contributed by atoms with Crippen molar-refractivity contribution in [2.75, 3.05) is 25.8 Å². The van der Waals surface area contributed by atoms with Crippen molar-refractivity contribution in [3.05, 3.63) is 33.6 Å². The topological polar surface area (TPSA) is 62.6 Å². The van der Waals surface area contributed by atoms with Gasteiger partial charge in [0.05, 0.1) is 36.3 Å². The minimum Gasteiger partial charge on any atom is -0.376 e. The van der Waals surface area contributed by atoms with Crippen molar-refractivity contribution in [2.24, 2.45) is 0 Å². The zero-order valence-corrected chi connectivity index (χ0v) is 15.9. The molecule has 0 aliphatic carbocycles. The highest BCUT2D eigenvalue weighted by Gasteiger charge is 2.22. The maximum absolute atomic E-state index is 13.1. The summed E-state index contributed by atoms with van der Waals surface area (Å²) in [6, 6.07) is 5.21. The number of hydrogen-bond donors (Lipinski definition) is 0. The van der Waals surface area contributed by atoms with Gasteiger partial charge in [0.1, 0.15) is 6.79 Å². The largest absolute Gasteiger partial charge is 0.376 e. The molecule has 1 aromatic heterocycles. The number of aromatic nitrogens is 2. The number of rotatable bonds is 5. The molecule has 0 amide bonds. The summed E-state index contributed by atoms with van der Waals surface area (Å²) in [5, 5.41) is 1.85. The highest BCUT2D eigenvalue weighted by Crippen LogP contribution is 2.24. The Balaban J connectivity index is 1.65. The lowest BCUT2D eigenvalue weighted by Crippen LogP contribution is -2.30. The first-order valence-electron chi connectivity index (χ1n) is 8.84. The zero-order valence-electron chi connectivity index (χ0n) is 14.4. The number of hydrogen-bond acceptors (Lipinski definition) is 6. The number of halogens is 1. The SMILES string of the molecule is O=c1c2ccc(Cl)cc2nc(SC[C@@H]2CCOCO2)n1C[C@H]1CCCO1. The van der Waals surface area contributed by atoms with Gasteiger partial charge in [-0.1, -0.05) is 23.4 Å². The minimum absolute atomic E-state index is 0.0439. The predicted octanol–water partition coefficient (Wildman–Crippen LogP) is 3.08. The summed E-state index contributed by atoms with van der Waals surface area (Å²) >= 11 is 7.63. The minimum atomic E-state index is -0.0439. The van der Waals surface area contributed by atoms with Gasteiger partial charge in [-0.2, -0.15) is 0 Å². The molecule has 3 heterocycles. The molecule has 6 nitrogen and oxygen atoms in total. The fourth-order valence-corrected chi connectivity index (χ4v) is 4.48. The molecule has 4 rings (SSSR count). The molecule has 0 saturated carbocycles. The number of ether oxygens (including phenoxy) is 3. The lowest BCUT2D eigenvalue weighted by Gasteiger charge is -2.23. The van der Waals surface area contributed by atoms with Crippen LogP contribution in [-0.2, 0) is 20.8 Å². The molecule has 2 aliphatic rings. The third-order valence-electron chi connectivity index (χ3n) is 4.66. The molecule has 8 heteroatoms. The van der Waals surface area contributed by atoms with Gasteiger partial charge in [0.25, 0.3) is 5.56 Å². The van der Waals surface area contributed by atoms with Crippen LogP contribution in [-0.4, -0.2) is 47.5 Å². The van der Waals surface area contributed by atoms with Crippen molar-refractivity contribution in [2.45, 2.75) is 43.2 Å². The fraction of sp³-hybridized carbons (Fsp3) is 0.556. The molecular weight excluding hydrogens is 376 g/mol. The van der Waals surface area contributed by atoms with E-state index in [1.807, 2.05) is 0 Å². The van der Waals surface area contributed by atoms with Gasteiger partial charge in [0, 0.05) is 17.4 Å². The Kier molecular flexibility index (Phi) is 5.81. The van der Waals surface area contributed by atoms with Crippen molar-refractivity contribution in [1.82, 2.24) is 9.55 Å². The van der Waals surface area contributed by atoms with Gasteiger partial charge in [-0.25, -0.2) is 4.98 Å². The normalized spacial score (nSPS) is 23.6. The summed E-state index contributed by atoms with van der Waals surface area (Å²) in [7, 11) is 0. The van der Waals surface area contributed by atoms with Crippen LogP contribution >= 0.6 is 23.4 Å². The number of thioether (sulfide) groups is 1. The van der Waals surface area contributed by atoms with Gasteiger partial charge >= 0.3 is 0 Å². The summed E-state index contributed by atoms with van der Waals surface area (Å²) in [5.41, 5.74) is 0.582. The molecule has 0 bridgehead atoms. The summed E-state index contributed by atoms with van der Waals surface area (Å²) in [6.07, 6.45) is 3.03. The molecule has 2 aliphatic heterocycles. The number of benzene rings is 1. The van der Waals surface area contributed by atoms with Crippen LogP contribution in [0.2, 0.25) is 5.02 Å². The third-order valence-corrected chi connectivity index (χ3v) is 6.01. The lowest BCUT2D eigenvalue weighted by molar-refractivity contribution is -0.130. The monoisotopic (exact) mass is 396 g/mol. The second-order valence-corrected chi connectivity index (χ2v) is 7.94. The van der Waals surface area contributed by atoms with E-state index in [0.29, 0.717) is 41.0 Å². The summed E-state index contributed by atoms with van der Waals surface area (Å²) in [4.78, 5) is 17.8. The smallest absolute Gasteiger partial charge is 0.262 e. The van der Waals surface area contributed by atoms with E-state index in [2.05, 4.69) is 0 Å². The van der Waals surface area contributed by atoms with Crippen LogP contribution in [0.15, 0.2) is 28.2 Å². The van der Waals surface area contributed by atoms with E-state index in [1.165, 1.54) is 0 Å². The molecule has 0 N–H and O–H groups in total. The zero-order chi connectivity index (χ0) is 17.9. The molecule has 2 aromatic rings. The van der Waals surface area contributed by atoms with Gasteiger partial charge in [-0.05, 0) is 37.5 Å². The van der Waals surface area contributed by atoms with Crippen LogP contribution in [0, 0.1) is 0 Å². The Morgan fingerprint density at radius 3 is 2.92 bits per heavy atom. The van der Waals surface area contributed by atoms with Gasteiger partial charge in [-0.3, -0.25) is 9.36 Å². The molecule has 0 spiro atoms. The van der Waals surface area contributed by atoms with E-state index in [0.717, 1.165) is 31.6 Å². The Morgan fingerprint density at radius 1 is 1.23 bits per heavy atom. The van der Waals surface area contributed by atoms with Crippen LogP contribution in [0.1, 0.15) is 19.3 Å². The Hall–Kier alpha value is -1.12. The standard InChI is InChI=1S/C18H21ClN2O4S/c19-12-3-4-15-16(8-12)20-18(26-10-14-5-7-23-11-25-14)21(17(15)22)9-13-2-1-6-24-13/h3-4,8,13-14H,1-2,5-7,9-11H2/t13-,14+/m1/s1. The molecule has 2 saturated heterocycles. The van der Waals surface area contributed by atoms with E-state index in [1.54, 1.807) is 34.5 Å². The molecule has 0 unspecified atom stereocenters. The average Bonchev–Trinajstić information content (AvgIpc) is 3.16. The van der Waals surface area contributed by atoms with Crippen molar-refractivity contribution >= 4 is 34.3 Å². The highest BCUT2D eigenvalue weighted by atomic mass is 35.5. The Bertz CT molecular complexity index is 832. The van der Waals surface area contributed by atoms with Crippen LogP contribution < -0.4 is 5.56 Å². The van der Waals surface area contributed by atoms with E-state index in [9.17, 15) is 4.79 Å². The second kappa shape index (κ2) is 8.27. The fourth-order valence-electron chi connectivity index (χ4n) is 3.24. The van der Waals surface area contributed by atoms with Crippen LogP contribution in [0.5, 0.6) is 0 Å². The van der Waals surface area contributed by atoms with Crippen LogP contribution in [0.3, 0.4) is 0 Å². The quantitative estimate of drug-likeness (QED) is 0.571. The first-order chi connectivity index (χ1) is 12.7. The first kappa shape index (κ1) is 18.3. The van der Waals surface area contributed by atoms with Crippen LogP contribution in [0.4, 0.5) is 0 Å². The second-order valence-electron chi connectivity index (χ2n) is 6.52. The first-order valence-corrected chi connectivity index (χ1v) is 10.2. The Morgan fingerprint density at radius 2 is 2.15 bits per heavy atom. The van der Waals surface area contributed by atoms with Crippen molar-refractivity contribution in [1.29, 1.82) is 0 Å². The maximum atomic E-state index is 13.1.